The van der Waals surface area contributed by atoms with Gasteiger partial charge in [0.25, 0.3) is 5.91 Å². The topological polar surface area (TPSA) is 87.4 Å². The minimum Gasteiger partial charge on any atom is -0.357 e. The van der Waals surface area contributed by atoms with Gasteiger partial charge in [0.15, 0.2) is 5.96 Å². The number of carbonyl (C=O) groups is 1. The number of amides is 1. The van der Waals surface area contributed by atoms with Gasteiger partial charge in [-0.15, -0.1) is 24.0 Å². The van der Waals surface area contributed by atoms with Crippen molar-refractivity contribution in [2.75, 3.05) is 19.6 Å². The summed E-state index contributed by atoms with van der Waals surface area (Å²) in [5, 5.41) is 10.6. The van der Waals surface area contributed by atoms with Crippen LogP contribution in [0.15, 0.2) is 35.6 Å². The highest BCUT2D eigenvalue weighted by molar-refractivity contribution is 14.0. The van der Waals surface area contributed by atoms with Crippen molar-refractivity contribution in [1.29, 1.82) is 0 Å². The third kappa shape index (κ3) is 6.69. The number of hydrogen-bond acceptors (Lipinski definition) is 4. The first kappa shape index (κ1) is 23.1. The molecule has 1 aromatic carbocycles. The predicted octanol–water partition coefficient (Wildman–Crippen LogP) is 2.31. The van der Waals surface area contributed by atoms with Crippen molar-refractivity contribution in [3.63, 3.8) is 0 Å². The summed E-state index contributed by atoms with van der Waals surface area (Å²) >= 11 is 0. The molecular weight excluding hydrogens is 481 g/mol. The molecule has 0 saturated carbocycles. The van der Waals surface area contributed by atoms with Crippen LogP contribution in [0.1, 0.15) is 47.9 Å². The molecule has 2 N–H and O–H groups in total. The number of nitrogens with one attached hydrogen (secondary N) is 2. The number of benzene rings is 1. The van der Waals surface area contributed by atoms with Gasteiger partial charge in [0, 0.05) is 32.2 Å². The molecule has 1 fully saturated rings. The smallest absolute Gasteiger partial charge is 0.253 e. The lowest BCUT2D eigenvalue weighted by molar-refractivity contribution is 0.0724. The van der Waals surface area contributed by atoms with E-state index in [1.807, 2.05) is 43.1 Å². The lowest BCUT2D eigenvalue weighted by Gasteiger charge is -2.26. The van der Waals surface area contributed by atoms with Crippen LogP contribution in [0.4, 0.5) is 0 Å². The molecule has 3 rings (SSSR count). The van der Waals surface area contributed by atoms with Crippen molar-refractivity contribution in [2.45, 2.75) is 39.3 Å². The van der Waals surface area contributed by atoms with Gasteiger partial charge in [0.1, 0.15) is 12.2 Å². The summed E-state index contributed by atoms with van der Waals surface area (Å²) < 4.78 is 1.73. The second-order valence-electron chi connectivity index (χ2n) is 6.90. The van der Waals surface area contributed by atoms with Crippen LogP contribution in [-0.4, -0.2) is 51.2 Å². The van der Waals surface area contributed by atoms with Crippen LogP contribution in [-0.2, 0) is 20.1 Å². The first-order valence-electron chi connectivity index (χ1n) is 9.90. The quantitative estimate of drug-likeness (QED) is 0.353. The van der Waals surface area contributed by atoms with Gasteiger partial charge in [0.2, 0.25) is 0 Å². The van der Waals surface area contributed by atoms with Gasteiger partial charge in [-0.3, -0.25) is 9.48 Å². The van der Waals surface area contributed by atoms with E-state index in [2.05, 4.69) is 25.7 Å². The Bertz CT molecular complexity index is 797. The van der Waals surface area contributed by atoms with E-state index in [-0.39, 0.29) is 29.9 Å². The Kier molecular flexibility index (Phi) is 9.36. The third-order valence-electron chi connectivity index (χ3n) is 4.83. The van der Waals surface area contributed by atoms with Crippen molar-refractivity contribution < 1.29 is 4.79 Å². The standard InChI is InChI=1S/C20H29N7O.HI/c1-3-21-20(23-14-18-24-15-25-26(18)2)22-13-16-7-9-17(10-8-16)19(28)27-11-5-4-6-12-27;/h7-10,15H,3-6,11-14H2,1-2H3,(H2,21,22,23);1H. The lowest BCUT2D eigenvalue weighted by atomic mass is 10.1. The van der Waals surface area contributed by atoms with E-state index in [1.54, 1.807) is 4.68 Å². The van der Waals surface area contributed by atoms with E-state index >= 15 is 0 Å². The second-order valence-corrected chi connectivity index (χ2v) is 6.90. The summed E-state index contributed by atoms with van der Waals surface area (Å²) in [6, 6.07) is 7.77. The van der Waals surface area contributed by atoms with Gasteiger partial charge in [-0.05, 0) is 43.9 Å². The van der Waals surface area contributed by atoms with Gasteiger partial charge in [-0.2, -0.15) is 5.10 Å². The number of aliphatic imine (C=N–C) groups is 1. The molecule has 0 spiro atoms. The monoisotopic (exact) mass is 511 g/mol. The molecule has 1 aliphatic rings. The summed E-state index contributed by atoms with van der Waals surface area (Å²) in [7, 11) is 1.86. The molecular formula is C20H30IN7O. The highest BCUT2D eigenvalue weighted by atomic mass is 127. The summed E-state index contributed by atoms with van der Waals surface area (Å²) in [5.74, 6) is 1.69. The van der Waals surface area contributed by atoms with Crippen LogP contribution < -0.4 is 10.6 Å². The maximum atomic E-state index is 12.6. The average molecular weight is 511 g/mol. The summed E-state index contributed by atoms with van der Waals surface area (Å²) in [6.45, 7) is 5.62. The van der Waals surface area contributed by atoms with Crippen LogP contribution in [0.2, 0.25) is 0 Å². The highest BCUT2D eigenvalue weighted by Crippen LogP contribution is 2.14. The Hall–Kier alpha value is -2.17. The van der Waals surface area contributed by atoms with Crippen molar-refractivity contribution >= 4 is 35.8 Å². The molecule has 0 aliphatic carbocycles. The van der Waals surface area contributed by atoms with Crippen LogP contribution >= 0.6 is 24.0 Å². The second kappa shape index (κ2) is 11.7. The summed E-state index contributed by atoms with van der Waals surface area (Å²) in [5.41, 5.74) is 1.81. The molecule has 1 aromatic heterocycles. The Morgan fingerprint density at radius 3 is 2.48 bits per heavy atom. The van der Waals surface area contributed by atoms with Gasteiger partial charge >= 0.3 is 0 Å². The largest absolute Gasteiger partial charge is 0.357 e. The van der Waals surface area contributed by atoms with E-state index < -0.39 is 0 Å². The van der Waals surface area contributed by atoms with Crippen LogP contribution in [0.25, 0.3) is 0 Å². The number of hydrogen-bond donors (Lipinski definition) is 2. The number of aryl methyl sites for hydroxylation is 1. The molecule has 9 heteroatoms. The van der Waals surface area contributed by atoms with Gasteiger partial charge < -0.3 is 15.5 Å². The molecule has 1 aliphatic heterocycles. The van der Waals surface area contributed by atoms with Gasteiger partial charge in [-0.25, -0.2) is 9.98 Å². The number of rotatable bonds is 6. The highest BCUT2D eigenvalue weighted by Gasteiger charge is 2.17. The molecule has 2 aromatic rings. The minimum absolute atomic E-state index is 0. The first-order valence-corrected chi connectivity index (χ1v) is 9.90. The fourth-order valence-corrected chi connectivity index (χ4v) is 3.19. The van der Waals surface area contributed by atoms with Crippen LogP contribution in [0, 0.1) is 0 Å². The number of nitrogens with zero attached hydrogens (tertiary/aromatic N) is 5. The number of likely N-dealkylation sites (tertiary alicyclic amines) is 1. The predicted molar refractivity (Wildman–Crippen MR) is 124 cm³/mol. The van der Waals surface area contributed by atoms with Crippen LogP contribution in [0.3, 0.4) is 0 Å². The molecule has 8 nitrogen and oxygen atoms in total. The molecule has 0 bridgehead atoms. The van der Waals surface area contributed by atoms with E-state index in [0.29, 0.717) is 13.1 Å². The molecule has 0 unspecified atom stereocenters. The SMILES string of the molecule is CCNC(=NCc1ccc(C(=O)N2CCCCC2)cc1)NCc1ncnn1C.I. The molecule has 0 radical (unpaired) electrons. The molecule has 1 saturated heterocycles. The molecule has 1 amide bonds. The zero-order valence-corrected chi connectivity index (χ0v) is 19.4. The zero-order chi connectivity index (χ0) is 19.8. The minimum atomic E-state index is 0. The van der Waals surface area contributed by atoms with Crippen molar-refractivity contribution in [2.24, 2.45) is 12.0 Å². The third-order valence-corrected chi connectivity index (χ3v) is 4.83. The number of halogens is 1. The van der Waals surface area contributed by atoms with Gasteiger partial charge in [-0.1, -0.05) is 12.1 Å². The summed E-state index contributed by atoms with van der Waals surface area (Å²) in [4.78, 5) is 23.3. The number of carbonyl (C=O) groups excluding carboxylic acids is 1. The van der Waals surface area contributed by atoms with Crippen molar-refractivity contribution in [3.05, 3.63) is 47.5 Å². The average Bonchev–Trinajstić information content (AvgIpc) is 3.15. The molecule has 158 valence electrons. The molecule has 29 heavy (non-hydrogen) atoms. The number of piperidine rings is 1. The Morgan fingerprint density at radius 2 is 1.86 bits per heavy atom. The fraction of sp³-hybridized carbons (Fsp3) is 0.500. The number of aromatic nitrogens is 3. The fourth-order valence-electron chi connectivity index (χ4n) is 3.19. The van der Waals surface area contributed by atoms with Crippen molar-refractivity contribution in [1.82, 2.24) is 30.3 Å². The van der Waals surface area contributed by atoms with E-state index in [0.717, 1.165) is 55.4 Å². The van der Waals surface area contributed by atoms with E-state index in [1.165, 1.54) is 12.7 Å². The van der Waals surface area contributed by atoms with E-state index in [9.17, 15) is 4.79 Å². The van der Waals surface area contributed by atoms with E-state index in [4.69, 9.17) is 0 Å². The Labute approximate surface area is 189 Å². The summed E-state index contributed by atoms with van der Waals surface area (Å²) in [6.07, 6.45) is 4.97. The normalized spacial score (nSPS) is 14.3. The maximum absolute atomic E-state index is 12.6. The van der Waals surface area contributed by atoms with Crippen LogP contribution in [0.5, 0.6) is 0 Å². The van der Waals surface area contributed by atoms with Gasteiger partial charge in [0.05, 0.1) is 13.1 Å². The zero-order valence-electron chi connectivity index (χ0n) is 17.1. The molecule has 0 atom stereocenters. The molecule has 2 heterocycles. The Balaban J connectivity index is 0.00000300. The first-order chi connectivity index (χ1) is 13.7. The maximum Gasteiger partial charge on any atom is 0.253 e. The van der Waals surface area contributed by atoms with Crippen molar-refractivity contribution in [3.8, 4) is 0 Å². The Morgan fingerprint density at radius 1 is 1.14 bits per heavy atom. The number of guanidine groups is 1. The lowest BCUT2D eigenvalue weighted by Crippen LogP contribution is -2.37.